The van der Waals surface area contributed by atoms with Gasteiger partial charge in [0.25, 0.3) is 5.91 Å². The fraction of sp³-hybridized carbons (Fsp3) is 0.167. The van der Waals surface area contributed by atoms with Crippen LogP contribution in [-0.4, -0.2) is 22.8 Å². The van der Waals surface area contributed by atoms with Gasteiger partial charge in [-0.25, -0.2) is 4.98 Å². The maximum absolute atomic E-state index is 12.7. The fourth-order valence-electron chi connectivity index (χ4n) is 1.46. The van der Waals surface area contributed by atoms with Gasteiger partial charge in [-0.2, -0.15) is 4.39 Å². The van der Waals surface area contributed by atoms with Crippen LogP contribution in [0.4, 0.5) is 4.39 Å². The first-order valence-electron chi connectivity index (χ1n) is 5.16. The molecule has 0 saturated carbocycles. The lowest BCUT2D eigenvalue weighted by atomic mass is 10.2. The van der Waals surface area contributed by atoms with Crippen LogP contribution in [0.25, 0.3) is 0 Å². The molecule has 3 nitrogen and oxygen atoms in total. The Bertz CT molecular complexity index is 555. The van der Waals surface area contributed by atoms with E-state index in [0.29, 0.717) is 12.1 Å². The monoisotopic (exact) mass is 328 g/mol. The van der Waals surface area contributed by atoms with Gasteiger partial charge in [-0.15, -0.1) is 11.3 Å². The Morgan fingerprint density at radius 2 is 2.33 bits per heavy atom. The summed E-state index contributed by atoms with van der Waals surface area (Å²) in [7, 11) is 1.71. The molecule has 0 radical (unpaired) electrons. The summed E-state index contributed by atoms with van der Waals surface area (Å²) in [4.78, 5) is 18.2. The molecule has 0 fully saturated rings. The maximum Gasteiger partial charge on any atom is 0.255 e. The van der Waals surface area contributed by atoms with Gasteiger partial charge >= 0.3 is 0 Å². The highest BCUT2D eigenvalue weighted by atomic mass is 79.9. The number of hydrogen-bond donors (Lipinski definition) is 0. The summed E-state index contributed by atoms with van der Waals surface area (Å²) in [6.45, 7) is 0.520. The lowest BCUT2D eigenvalue weighted by Gasteiger charge is -2.15. The van der Waals surface area contributed by atoms with Crippen LogP contribution in [0.1, 0.15) is 15.2 Å². The van der Waals surface area contributed by atoms with E-state index in [2.05, 4.69) is 20.9 Å². The standard InChI is InChI=1S/C12H10BrFN2OS/c1-16(6-10-4-9(13)7-18-10)12(17)8-2-3-11(14)15-5-8/h2-5,7H,6H2,1H3. The van der Waals surface area contributed by atoms with Crippen molar-refractivity contribution >= 4 is 33.2 Å². The lowest BCUT2D eigenvalue weighted by Crippen LogP contribution is -2.25. The van der Waals surface area contributed by atoms with Crippen LogP contribution < -0.4 is 0 Å². The Balaban J connectivity index is 2.07. The predicted molar refractivity (Wildman–Crippen MR) is 72.0 cm³/mol. The van der Waals surface area contributed by atoms with E-state index in [1.807, 2.05) is 11.4 Å². The van der Waals surface area contributed by atoms with Crippen LogP contribution in [0, 0.1) is 5.95 Å². The molecule has 1 amide bonds. The van der Waals surface area contributed by atoms with E-state index >= 15 is 0 Å². The van der Waals surface area contributed by atoms with Crippen molar-refractivity contribution in [2.24, 2.45) is 0 Å². The van der Waals surface area contributed by atoms with Crippen LogP contribution in [0.15, 0.2) is 34.2 Å². The van der Waals surface area contributed by atoms with Gasteiger partial charge < -0.3 is 4.90 Å². The molecule has 0 spiro atoms. The minimum atomic E-state index is -0.587. The first-order chi connectivity index (χ1) is 8.56. The van der Waals surface area contributed by atoms with Crippen molar-refractivity contribution in [1.82, 2.24) is 9.88 Å². The van der Waals surface area contributed by atoms with Crippen LogP contribution in [0.3, 0.4) is 0 Å². The van der Waals surface area contributed by atoms with Gasteiger partial charge in [0, 0.05) is 28.0 Å². The molecule has 2 rings (SSSR count). The van der Waals surface area contributed by atoms with Crippen molar-refractivity contribution in [3.8, 4) is 0 Å². The number of carbonyl (C=O) groups excluding carboxylic acids is 1. The number of carbonyl (C=O) groups is 1. The average molecular weight is 329 g/mol. The van der Waals surface area contributed by atoms with Gasteiger partial charge in [-0.1, -0.05) is 0 Å². The number of nitrogens with zero attached hydrogens (tertiary/aromatic N) is 2. The molecular weight excluding hydrogens is 319 g/mol. The molecular formula is C12H10BrFN2OS. The highest BCUT2D eigenvalue weighted by Gasteiger charge is 2.13. The third kappa shape index (κ3) is 3.14. The fourth-order valence-corrected chi connectivity index (χ4v) is 2.97. The normalized spacial score (nSPS) is 10.4. The molecule has 2 aromatic heterocycles. The summed E-state index contributed by atoms with van der Waals surface area (Å²) < 4.78 is 13.7. The van der Waals surface area contributed by atoms with Crippen molar-refractivity contribution in [3.63, 3.8) is 0 Å². The van der Waals surface area contributed by atoms with Gasteiger partial charge in [0.1, 0.15) is 0 Å². The van der Waals surface area contributed by atoms with Crippen molar-refractivity contribution in [2.75, 3.05) is 7.05 Å². The molecule has 0 atom stereocenters. The van der Waals surface area contributed by atoms with E-state index in [0.717, 1.165) is 9.35 Å². The number of aromatic nitrogens is 1. The second-order valence-electron chi connectivity index (χ2n) is 3.76. The van der Waals surface area contributed by atoms with E-state index in [-0.39, 0.29) is 5.91 Å². The number of hydrogen-bond acceptors (Lipinski definition) is 3. The Labute approximate surface area is 116 Å². The van der Waals surface area contributed by atoms with Crippen LogP contribution in [0.5, 0.6) is 0 Å². The topological polar surface area (TPSA) is 33.2 Å². The van der Waals surface area contributed by atoms with Gasteiger partial charge in [0.15, 0.2) is 0 Å². The summed E-state index contributed by atoms with van der Waals surface area (Å²) in [5.41, 5.74) is 0.384. The summed E-state index contributed by atoms with van der Waals surface area (Å²) in [5, 5.41) is 1.97. The van der Waals surface area contributed by atoms with Crippen molar-refractivity contribution in [1.29, 1.82) is 0 Å². The molecule has 0 aliphatic carbocycles. The zero-order chi connectivity index (χ0) is 13.1. The highest BCUT2D eigenvalue weighted by Crippen LogP contribution is 2.21. The average Bonchev–Trinajstić information content (AvgIpc) is 2.75. The van der Waals surface area contributed by atoms with Gasteiger partial charge in [-0.3, -0.25) is 4.79 Å². The van der Waals surface area contributed by atoms with Gasteiger partial charge in [-0.05, 0) is 34.1 Å². The van der Waals surface area contributed by atoms with E-state index in [9.17, 15) is 9.18 Å². The lowest BCUT2D eigenvalue weighted by molar-refractivity contribution is 0.0786. The predicted octanol–water partition coefficient (Wildman–Crippen LogP) is 3.32. The third-order valence-corrected chi connectivity index (χ3v) is 4.02. The van der Waals surface area contributed by atoms with E-state index in [1.165, 1.54) is 18.3 Å². The highest BCUT2D eigenvalue weighted by molar-refractivity contribution is 9.10. The molecule has 6 heteroatoms. The molecule has 0 aliphatic heterocycles. The molecule has 0 bridgehead atoms. The van der Waals surface area contributed by atoms with Crippen molar-refractivity contribution in [3.05, 3.63) is 50.6 Å². The van der Waals surface area contributed by atoms with Crippen LogP contribution in [0.2, 0.25) is 0 Å². The first-order valence-corrected chi connectivity index (χ1v) is 6.83. The molecule has 0 N–H and O–H groups in total. The van der Waals surface area contributed by atoms with E-state index < -0.39 is 5.95 Å². The minimum Gasteiger partial charge on any atom is -0.337 e. The molecule has 94 valence electrons. The Morgan fingerprint density at radius 3 is 2.89 bits per heavy atom. The molecule has 2 heterocycles. The number of halogens is 2. The largest absolute Gasteiger partial charge is 0.337 e. The summed E-state index contributed by atoms with van der Waals surface area (Å²) in [5.74, 6) is -0.761. The third-order valence-electron chi connectivity index (χ3n) is 2.34. The Hall–Kier alpha value is -1.27. The zero-order valence-corrected chi connectivity index (χ0v) is 12.0. The van der Waals surface area contributed by atoms with Gasteiger partial charge in [0.05, 0.1) is 12.1 Å². The first kappa shape index (κ1) is 13.2. The van der Waals surface area contributed by atoms with Gasteiger partial charge in [0.2, 0.25) is 5.95 Å². The Morgan fingerprint density at radius 1 is 1.56 bits per heavy atom. The molecule has 2 aromatic rings. The summed E-state index contributed by atoms with van der Waals surface area (Å²) in [6.07, 6.45) is 1.25. The van der Waals surface area contributed by atoms with Crippen molar-refractivity contribution in [2.45, 2.75) is 6.54 Å². The summed E-state index contributed by atoms with van der Waals surface area (Å²) >= 11 is 4.94. The van der Waals surface area contributed by atoms with Crippen LogP contribution >= 0.6 is 27.3 Å². The minimum absolute atomic E-state index is 0.174. The molecule has 0 saturated heterocycles. The van der Waals surface area contributed by atoms with E-state index in [4.69, 9.17) is 0 Å². The Kier molecular flexibility index (Phi) is 4.08. The second-order valence-corrected chi connectivity index (χ2v) is 5.67. The van der Waals surface area contributed by atoms with Crippen molar-refractivity contribution < 1.29 is 9.18 Å². The molecule has 0 unspecified atom stereocenters. The quantitative estimate of drug-likeness (QED) is 0.810. The van der Waals surface area contributed by atoms with Crippen LogP contribution in [-0.2, 0) is 6.54 Å². The molecule has 0 aliphatic rings. The zero-order valence-electron chi connectivity index (χ0n) is 9.56. The second kappa shape index (κ2) is 5.58. The molecule has 18 heavy (non-hydrogen) atoms. The smallest absolute Gasteiger partial charge is 0.255 e. The maximum atomic E-state index is 12.7. The SMILES string of the molecule is CN(Cc1cc(Br)cs1)C(=O)c1ccc(F)nc1. The summed E-state index contributed by atoms with van der Waals surface area (Å²) in [6, 6.07) is 4.59. The number of rotatable bonds is 3. The molecule has 0 aromatic carbocycles. The number of thiophene rings is 1. The van der Waals surface area contributed by atoms with E-state index in [1.54, 1.807) is 23.3 Å². The number of amides is 1. The number of pyridine rings is 1.